The molecule has 140 valence electrons. The van der Waals surface area contributed by atoms with E-state index in [2.05, 4.69) is 38.2 Å². The fourth-order valence-electron chi connectivity index (χ4n) is 2.46. The first kappa shape index (κ1) is 19.6. The zero-order chi connectivity index (χ0) is 19.2. The van der Waals surface area contributed by atoms with Gasteiger partial charge in [0.15, 0.2) is 0 Å². The third-order valence-electron chi connectivity index (χ3n) is 3.95. The van der Waals surface area contributed by atoms with E-state index in [9.17, 15) is 4.79 Å². The number of aromatic nitrogens is 2. The zero-order valence-electron chi connectivity index (χ0n) is 15.2. The number of carbonyl (C=O) groups is 1. The molecule has 3 aromatic rings. The molecule has 7 heteroatoms. The van der Waals surface area contributed by atoms with Crippen LogP contribution in [-0.4, -0.2) is 33.7 Å². The smallest absolute Gasteiger partial charge is 0.246 e. The molecule has 0 fully saturated rings. The van der Waals surface area contributed by atoms with Crippen LogP contribution in [0, 0.1) is 6.92 Å². The van der Waals surface area contributed by atoms with E-state index in [1.165, 1.54) is 5.56 Å². The molecule has 0 radical (unpaired) electrons. The number of amides is 1. The van der Waals surface area contributed by atoms with Gasteiger partial charge in [0.1, 0.15) is 0 Å². The monoisotopic (exact) mass is 445 g/mol. The summed E-state index contributed by atoms with van der Waals surface area (Å²) in [4.78, 5) is 18.3. The highest BCUT2D eigenvalue weighted by molar-refractivity contribution is 9.10. The van der Waals surface area contributed by atoms with Crippen LogP contribution in [0.2, 0.25) is 0 Å². The number of thioether (sulfide) groups is 1. The quantitative estimate of drug-likeness (QED) is 0.527. The van der Waals surface area contributed by atoms with Crippen LogP contribution in [0.25, 0.3) is 11.4 Å². The Morgan fingerprint density at radius 3 is 2.74 bits per heavy atom. The number of rotatable bonds is 7. The molecule has 0 bridgehead atoms. The molecule has 0 saturated carbocycles. The molecule has 3 rings (SSSR count). The van der Waals surface area contributed by atoms with E-state index < -0.39 is 0 Å². The SMILES string of the molecule is Cc1cccc(-c2noc(CN(C)C(=O)CSCc3ccc(Br)cc3)n2)c1. The highest BCUT2D eigenvalue weighted by atomic mass is 79.9. The summed E-state index contributed by atoms with van der Waals surface area (Å²) in [5.41, 5.74) is 3.23. The van der Waals surface area contributed by atoms with Crippen molar-refractivity contribution in [3.05, 3.63) is 70.0 Å². The van der Waals surface area contributed by atoms with Crippen molar-refractivity contribution < 1.29 is 9.32 Å². The molecule has 0 aliphatic heterocycles. The molecule has 1 heterocycles. The lowest BCUT2D eigenvalue weighted by atomic mass is 10.1. The highest BCUT2D eigenvalue weighted by Gasteiger charge is 2.15. The lowest BCUT2D eigenvalue weighted by Gasteiger charge is -2.14. The third kappa shape index (κ3) is 5.68. The molecule has 1 aromatic heterocycles. The zero-order valence-corrected chi connectivity index (χ0v) is 17.6. The van der Waals surface area contributed by atoms with E-state index in [0.29, 0.717) is 24.0 Å². The number of benzene rings is 2. The van der Waals surface area contributed by atoms with E-state index in [1.54, 1.807) is 23.7 Å². The predicted molar refractivity (Wildman–Crippen MR) is 111 cm³/mol. The normalized spacial score (nSPS) is 10.8. The molecule has 0 N–H and O–H groups in total. The molecule has 1 amide bonds. The Kier molecular flexibility index (Phi) is 6.68. The van der Waals surface area contributed by atoms with Crippen molar-refractivity contribution in [2.75, 3.05) is 12.8 Å². The maximum Gasteiger partial charge on any atom is 0.246 e. The minimum atomic E-state index is 0.0346. The van der Waals surface area contributed by atoms with E-state index in [4.69, 9.17) is 4.52 Å². The Morgan fingerprint density at radius 2 is 2.00 bits per heavy atom. The molecule has 2 aromatic carbocycles. The molecule has 0 spiro atoms. The molecular formula is C20H20BrN3O2S. The van der Waals surface area contributed by atoms with E-state index in [1.807, 2.05) is 43.3 Å². The van der Waals surface area contributed by atoms with Gasteiger partial charge in [0.2, 0.25) is 17.6 Å². The average molecular weight is 446 g/mol. The van der Waals surface area contributed by atoms with Crippen LogP contribution in [0.3, 0.4) is 0 Å². The molecule has 5 nitrogen and oxygen atoms in total. The summed E-state index contributed by atoms with van der Waals surface area (Å²) < 4.78 is 6.35. The molecule has 0 aliphatic rings. The highest BCUT2D eigenvalue weighted by Crippen LogP contribution is 2.18. The summed E-state index contributed by atoms with van der Waals surface area (Å²) in [6, 6.07) is 16.0. The second kappa shape index (κ2) is 9.19. The molecule has 0 aliphatic carbocycles. The van der Waals surface area contributed by atoms with E-state index >= 15 is 0 Å². The van der Waals surface area contributed by atoms with Crippen molar-refractivity contribution in [1.82, 2.24) is 15.0 Å². The van der Waals surface area contributed by atoms with Crippen molar-refractivity contribution in [2.24, 2.45) is 0 Å². The van der Waals surface area contributed by atoms with Gasteiger partial charge >= 0.3 is 0 Å². The number of nitrogens with zero attached hydrogens (tertiary/aromatic N) is 3. The predicted octanol–water partition coefficient (Wildman–Crippen LogP) is 4.70. The maximum absolute atomic E-state index is 12.3. The van der Waals surface area contributed by atoms with Crippen LogP contribution in [0.1, 0.15) is 17.0 Å². The number of aryl methyl sites for hydroxylation is 1. The summed E-state index contributed by atoms with van der Waals surface area (Å²) >= 11 is 5.01. The van der Waals surface area contributed by atoms with Gasteiger partial charge in [-0.1, -0.05) is 57.0 Å². The average Bonchev–Trinajstić information content (AvgIpc) is 3.12. The van der Waals surface area contributed by atoms with Crippen molar-refractivity contribution >= 4 is 33.6 Å². The second-order valence-electron chi connectivity index (χ2n) is 6.25. The Labute approximate surface area is 171 Å². The largest absolute Gasteiger partial charge is 0.337 e. The number of halogens is 1. The van der Waals surface area contributed by atoms with Crippen LogP contribution >= 0.6 is 27.7 Å². The first-order chi connectivity index (χ1) is 13.0. The van der Waals surface area contributed by atoms with Crippen molar-refractivity contribution in [3.63, 3.8) is 0 Å². The molecule has 27 heavy (non-hydrogen) atoms. The van der Waals surface area contributed by atoms with Crippen molar-refractivity contribution in [1.29, 1.82) is 0 Å². The van der Waals surface area contributed by atoms with E-state index in [-0.39, 0.29) is 5.91 Å². The second-order valence-corrected chi connectivity index (χ2v) is 8.15. The number of hydrogen-bond acceptors (Lipinski definition) is 5. The van der Waals surface area contributed by atoms with Crippen molar-refractivity contribution in [3.8, 4) is 11.4 Å². The molecule has 0 unspecified atom stereocenters. The molecule has 0 saturated heterocycles. The maximum atomic E-state index is 12.3. The minimum Gasteiger partial charge on any atom is -0.337 e. The van der Waals surface area contributed by atoms with Gasteiger partial charge in [-0.15, -0.1) is 11.8 Å². The van der Waals surface area contributed by atoms with Crippen molar-refractivity contribution in [2.45, 2.75) is 19.2 Å². The van der Waals surface area contributed by atoms with Gasteiger partial charge in [0, 0.05) is 22.8 Å². The van der Waals surface area contributed by atoms with Crippen LogP contribution in [0.15, 0.2) is 57.5 Å². The Hall–Kier alpha value is -2.12. The summed E-state index contributed by atoms with van der Waals surface area (Å²) in [6.45, 7) is 2.32. The lowest BCUT2D eigenvalue weighted by Crippen LogP contribution is -2.28. The van der Waals surface area contributed by atoms with Gasteiger partial charge in [0.05, 0.1) is 12.3 Å². The summed E-state index contributed by atoms with van der Waals surface area (Å²) in [7, 11) is 1.75. The first-order valence-corrected chi connectivity index (χ1v) is 10.4. The van der Waals surface area contributed by atoms with Gasteiger partial charge < -0.3 is 9.42 Å². The Bertz CT molecular complexity index is 912. The molecule has 0 atom stereocenters. The topological polar surface area (TPSA) is 59.2 Å². The fraction of sp³-hybridized carbons (Fsp3) is 0.250. The van der Waals surface area contributed by atoms with Crippen LogP contribution in [0.4, 0.5) is 0 Å². The van der Waals surface area contributed by atoms with E-state index in [0.717, 1.165) is 21.4 Å². The van der Waals surface area contributed by atoms with Crippen LogP contribution < -0.4 is 0 Å². The fourth-order valence-corrected chi connectivity index (χ4v) is 3.65. The van der Waals surface area contributed by atoms with Gasteiger partial charge in [-0.25, -0.2) is 0 Å². The number of hydrogen-bond donors (Lipinski definition) is 0. The summed E-state index contributed by atoms with van der Waals surface area (Å²) in [5, 5.41) is 4.02. The van der Waals surface area contributed by atoms with Gasteiger partial charge in [-0.05, 0) is 30.7 Å². The Balaban J connectivity index is 1.50. The standard InChI is InChI=1S/C20H20BrN3O2S/c1-14-4-3-5-16(10-14)20-22-18(26-23-20)11-24(2)19(25)13-27-12-15-6-8-17(21)9-7-15/h3-10H,11-13H2,1-2H3. The first-order valence-electron chi connectivity index (χ1n) is 8.47. The molecular weight excluding hydrogens is 426 g/mol. The third-order valence-corrected chi connectivity index (χ3v) is 5.47. The van der Waals surface area contributed by atoms with Crippen LogP contribution in [0.5, 0.6) is 0 Å². The lowest BCUT2D eigenvalue weighted by molar-refractivity contribution is -0.127. The summed E-state index contributed by atoms with van der Waals surface area (Å²) in [5.74, 6) is 2.21. The summed E-state index contributed by atoms with van der Waals surface area (Å²) in [6.07, 6.45) is 0. The van der Waals surface area contributed by atoms with Gasteiger partial charge in [0.25, 0.3) is 0 Å². The number of carbonyl (C=O) groups excluding carboxylic acids is 1. The van der Waals surface area contributed by atoms with Gasteiger partial charge in [-0.3, -0.25) is 4.79 Å². The van der Waals surface area contributed by atoms with Gasteiger partial charge in [-0.2, -0.15) is 4.98 Å². The minimum absolute atomic E-state index is 0.0346. The Morgan fingerprint density at radius 1 is 1.22 bits per heavy atom. The van der Waals surface area contributed by atoms with Crippen LogP contribution in [-0.2, 0) is 17.1 Å².